The first-order chi connectivity index (χ1) is 10.5. The van der Waals surface area contributed by atoms with Crippen LogP contribution in [-0.2, 0) is 11.2 Å². The average Bonchev–Trinajstić information content (AvgIpc) is 2.54. The first-order valence-electron chi connectivity index (χ1n) is 6.75. The van der Waals surface area contributed by atoms with Gasteiger partial charge in [-0.25, -0.2) is 4.79 Å². The molecule has 0 spiro atoms. The lowest BCUT2D eigenvalue weighted by Crippen LogP contribution is -2.14. The van der Waals surface area contributed by atoms with Crippen molar-refractivity contribution in [1.29, 1.82) is 0 Å². The largest absolute Gasteiger partial charge is 0.454 e. The average molecular weight is 337 g/mol. The summed E-state index contributed by atoms with van der Waals surface area (Å²) in [5, 5.41) is 0.614. The van der Waals surface area contributed by atoms with Gasteiger partial charge in [-0.2, -0.15) is 0 Å². The highest BCUT2D eigenvalue weighted by molar-refractivity contribution is 6.42. The number of aryl methyl sites for hydroxylation is 1. The Morgan fingerprint density at radius 2 is 1.59 bits per heavy atom. The number of halogens is 2. The second kappa shape index (κ2) is 7.43. The Kier molecular flexibility index (Phi) is 5.58. The van der Waals surface area contributed by atoms with Crippen LogP contribution in [0.5, 0.6) is 0 Å². The van der Waals surface area contributed by atoms with Crippen molar-refractivity contribution in [2.75, 3.05) is 6.61 Å². The zero-order chi connectivity index (χ0) is 16.1. The van der Waals surface area contributed by atoms with E-state index >= 15 is 0 Å². The van der Waals surface area contributed by atoms with Crippen LogP contribution in [0.2, 0.25) is 10.0 Å². The van der Waals surface area contributed by atoms with Crippen LogP contribution in [0.4, 0.5) is 0 Å². The number of Topliss-reactive ketones (excluding diaryl/α,β-unsaturated/α-hetero) is 1. The third-order valence-corrected chi connectivity index (χ3v) is 3.91. The Morgan fingerprint density at radius 1 is 0.955 bits per heavy atom. The van der Waals surface area contributed by atoms with E-state index < -0.39 is 5.97 Å². The molecule has 3 nitrogen and oxygen atoms in total. The van der Waals surface area contributed by atoms with E-state index in [1.54, 1.807) is 12.1 Å². The van der Waals surface area contributed by atoms with Gasteiger partial charge in [0, 0.05) is 5.56 Å². The first kappa shape index (κ1) is 16.5. The maximum atomic E-state index is 12.0. The van der Waals surface area contributed by atoms with Crippen LogP contribution in [0.3, 0.4) is 0 Å². The summed E-state index contributed by atoms with van der Waals surface area (Å²) < 4.78 is 5.01. The predicted molar refractivity (Wildman–Crippen MR) is 86.9 cm³/mol. The van der Waals surface area contributed by atoms with Gasteiger partial charge in [-0.05, 0) is 30.2 Å². The Hall–Kier alpha value is -1.84. The van der Waals surface area contributed by atoms with Crippen LogP contribution in [0.15, 0.2) is 42.5 Å². The summed E-state index contributed by atoms with van der Waals surface area (Å²) in [7, 11) is 0. The fraction of sp³-hybridized carbons (Fsp3) is 0.176. The van der Waals surface area contributed by atoms with E-state index in [4.69, 9.17) is 27.9 Å². The van der Waals surface area contributed by atoms with E-state index in [0.717, 1.165) is 12.0 Å². The van der Waals surface area contributed by atoms with E-state index in [2.05, 4.69) is 0 Å². The van der Waals surface area contributed by atoms with Crippen LogP contribution < -0.4 is 0 Å². The number of rotatable bonds is 5. The van der Waals surface area contributed by atoms with E-state index in [1.165, 1.54) is 18.2 Å². The van der Waals surface area contributed by atoms with Crippen molar-refractivity contribution < 1.29 is 14.3 Å². The molecule has 0 heterocycles. The van der Waals surface area contributed by atoms with Gasteiger partial charge in [-0.3, -0.25) is 4.79 Å². The fourth-order valence-corrected chi connectivity index (χ4v) is 2.15. The zero-order valence-corrected chi connectivity index (χ0v) is 13.4. The maximum Gasteiger partial charge on any atom is 0.338 e. The van der Waals surface area contributed by atoms with Crippen LogP contribution in [-0.4, -0.2) is 18.4 Å². The summed E-state index contributed by atoms with van der Waals surface area (Å²) in [6.07, 6.45) is 0.904. The van der Waals surface area contributed by atoms with Crippen LogP contribution in [0, 0.1) is 0 Å². The van der Waals surface area contributed by atoms with E-state index in [-0.39, 0.29) is 23.0 Å². The fourth-order valence-electron chi connectivity index (χ4n) is 1.85. The molecule has 0 radical (unpaired) electrons. The number of carbonyl (C=O) groups excluding carboxylic acids is 2. The molecule has 0 aliphatic rings. The molecule has 0 saturated carbocycles. The molecule has 0 fully saturated rings. The van der Waals surface area contributed by atoms with Gasteiger partial charge in [0.05, 0.1) is 15.6 Å². The molecule has 0 atom stereocenters. The Bertz CT molecular complexity index is 694. The Labute approximate surface area is 138 Å². The molecule has 22 heavy (non-hydrogen) atoms. The first-order valence-corrected chi connectivity index (χ1v) is 7.51. The van der Waals surface area contributed by atoms with Crippen LogP contribution in [0.25, 0.3) is 0 Å². The van der Waals surface area contributed by atoms with Crippen molar-refractivity contribution in [1.82, 2.24) is 0 Å². The van der Waals surface area contributed by atoms with Gasteiger partial charge in [0.1, 0.15) is 0 Å². The van der Waals surface area contributed by atoms with Gasteiger partial charge in [0.25, 0.3) is 0 Å². The minimum atomic E-state index is -0.614. The third kappa shape index (κ3) is 4.09. The molecule has 2 aromatic rings. The molecule has 5 heteroatoms. The molecule has 0 aromatic heterocycles. The molecule has 0 saturated heterocycles. The van der Waals surface area contributed by atoms with E-state index in [0.29, 0.717) is 10.6 Å². The second-order valence-electron chi connectivity index (χ2n) is 4.68. The smallest absolute Gasteiger partial charge is 0.338 e. The molecule has 0 aliphatic carbocycles. The van der Waals surface area contributed by atoms with Crippen molar-refractivity contribution in [3.63, 3.8) is 0 Å². The number of esters is 1. The molecule has 0 unspecified atom stereocenters. The highest BCUT2D eigenvalue weighted by atomic mass is 35.5. The minimum Gasteiger partial charge on any atom is -0.454 e. The van der Waals surface area contributed by atoms with Crippen molar-refractivity contribution in [2.45, 2.75) is 13.3 Å². The molecule has 2 rings (SSSR count). The minimum absolute atomic E-state index is 0.253. The number of ether oxygens (including phenoxy) is 1. The molecule has 0 bridgehead atoms. The lowest BCUT2D eigenvalue weighted by Gasteiger charge is -2.06. The predicted octanol–water partition coefficient (Wildman–Crippen LogP) is 4.60. The summed E-state index contributed by atoms with van der Waals surface area (Å²) in [5.74, 6) is -0.867. The normalized spacial score (nSPS) is 10.3. The molecular weight excluding hydrogens is 323 g/mol. The van der Waals surface area contributed by atoms with Gasteiger partial charge in [-0.15, -0.1) is 0 Å². The van der Waals surface area contributed by atoms with E-state index in [9.17, 15) is 9.59 Å². The van der Waals surface area contributed by atoms with Gasteiger partial charge in [0.2, 0.25) is 0 Å². The summed E-state index contributed by atoms with van der Waals surface area (Å²) >= 11 is 11.6. The number of hydrogen-bond acceptors (Lipinski definition) is 3. The van der Waals surface area contributed by atoms with Gasteiger partial charge >= 0.3 is 5.97 Å². The Morgan fingerprint density at radius 3 is 2.18 bits per heavy atom. The summed E-state index contributed by atoms with van der Waals surface area (Å²) in [6.45, 7) is 1.72. The van der Waals surface area contributed by atoms with Crippen molar-refractivity contribution in [2.24, 2.45) is 0 Å². The van der Waals surface area contributed by atoms with Crippen molar-refractivity contribution in [3.8, 4) is 0 Å². The van der Waals surface area contributed by atoms with E-state index in [1.807, 2.05) is 19.1 Å². The van der Waals surface area contributed by atoms with Crippen LogP contribution in [0.1, 0.15) is 33.2 Å². The highest BCUT2D eigenvalue weighted by Gasteiger charge is 2.13. The SMILES string of the molecule is CCc1ccc(C(=O)COC(=O)c2ccc(Cl)c(Cl)c2)cc1. The topological polar surface area (TPSA) is 43.4 Å². The number of carbonyl (C=O) groups is 2. The highest BCUT2D eigenvalue weighted by Crippen LogP contribution is 2.22. The zero-order valence-electron chi connectivity index (χ0n) is 11.9. The molecule has 2 aromatic carbocycles. The van der Waals surface area contributed by atoms with Gasteiger partial charge in [0.15, 0.2) is 12.4 Å². The van der Waals surface area contributed by atoms with Crippen LogP contribution >= 0.6 is 23.2 Å². The van der Waals surface area contributed by atoms with Gasteiger partial charge < -0.3 is 4.74 Å². The second-order valence-corrected chi connectivity index (χ2v) is 5.49. The number of benzene rings is 2. The lowest BCUT2D eigenvalue weighted by molar-refractivity contribution is 0.0475. The molecule has 0 amide bonds. The third-order valence-electron chi connectivity index (χ3n) is 3.17. The molecule has 114 valence electrons. The monoisotopic (exact) mass is 336 g/mol. The number of ketones is 1. The molecule has 0 N–H and O–H groups in total. The Balaban J connectivity index is 1.97. The van der Waals surface area contributed by atoms with Gasteiger partial charge in [-0.1, -0.05) is 54.4 Å². The maximum absolute atomic E-state index is 12.0. The molecular formula is C17H14Cl2O3. The van der Waals surface area contributed by atoms with Crippen molar-refractivity contribution >= 4 is 35.0 Å². The summed E-state index contributed by atoms with van der Waals surface area (Å²) in [6, 6.07) is 11.6. The van der Waals surface area contributed by atoms with Crippen molar-refractivity contribution in [3.05, 3.63) is 69.2 Å². The lowest BCUT2D eigenvalue weighted by atomic mass is 10.1. The summed E-state index contributed by atoms with van der Waals surface area (Å²) in [5.41, 5.74) is 1.91. The standard InChI is InChI=1S/C17H14Cl2O3/c1-2-11-3-5-12(6-4-11)16(20)10-22-17(21)13-7-8-14(18)15(19)9-13/h3-9H,2,10H2,1H3. The quantitative estimate of drug-likeness (QED) is 0.592. The number of hydrogen-bond donors (Lipinski definition) is 0. The summed E-state index contributed by atoms with van der Waals surface area (Å²) in [4.78, 5) is 23.8. The molecule has 0 aliphatic heterocycles.